The number of carbonyl (C=O) groups excluding carboxylic acids is 1. The van der Waals surface area contributed by atoms with E-state index < -0.39 is 5.91 Å². The van der Waals surface area contributed by atoms with Crippen LogP contribution in [0.1, 0.15) is 22.8 Å². The van der Waals surface area contributed by atoms with E-state index in [1.807, 2.05) is 28.9 Å². The number of hydrogen-bond donors (Lipinski definition) is 3. The van der Waals surface area contributed by atoms with Gasteiger partial charge >= 0.3 is 0 Å². The van der Waals surface area contributed by atoms with Crippen molar-refractivity contribution in [3.8, 4) is 5.75 Å². The lowest BCUT2D eigenvalue weighted by atomic mass is 10.1. The molecule has 1 aromatic heterocycles. The van der Waals surface area contributed by atoms with Crippen LogP contribution in [0.2, 0.25) is 0 Å². The Hall–Kier alpha value is -2.54. The molecular weight excluding hydrogens is 318 g/mol. The first-order valence-electron chi connectivity index (χ1n) is 8.55. The van der Waals surface area contributed by atoms with Gasteiger partial charge in [-0.2, -0.15) is 5.10 Å². The minimum Gasteiger partial charge on any atom is -0.492 e. The minimum absolute atomic E-state index is 0.238. The van der Waals surface area contributed by atoms with Crippen LogP contribution >= 0.6 is 0 Å². The zero-order chi connectivity index (χ0) is 17.8. The average molecular weight is 343 g/mol. The van der Waals surface area contributed by atoms with Gasteiger partial charge in [0.2, 0.25) is 0 Å². The molecule has 7 heteroatoms. The highest BCUT2D eigenvalue weighted by Crippen LogP contribution is 2.21. The van der Waals surface area contributed by atoms with Gasteiger partial charge in [0.1, 0.15) is 23.7 Å². The number of rotatable bonds is 7. The lowest BCUT2D eigenvalue weighted by Gasteiger charge is -2.27. The summed E-state index contributed by atoms with van der Waals surface area (Å²) >= 11 is 0. The number of aromatic nitrogens is 2. The van der Waals surface area contributed by atoms with Gasteiger partial charge < -0.3 is 21.1 Å². The molecule has 25 heavy (non-hydrogen) atoms. The second kappa shape index (κ2) is 7.57. The summed E-state index contributed by atoms with van der Waals surface area (Å²) in [5, 5.41) is 11.0. The maximum Gasteiger partial charge on any atom is 0.254 e. The largest absolute Gasteiger partial charge is 0.492 e. The minimum atomic E-state index is -0.452. The third-order valence-corrected chi connectivity index (χ3v) is 4.37. The Kier molecular flexibility index (Phi) is 5.23. The molecule has 2 aromatic rings. The summed E-state index contributed by atoms with van der Waals surface area (Å²) in [4.78, 5) is 11.3. The van der Waals surface area contributed by atoms with Crippen molar-refractivity contribution in [1.29, 1.82) is 0 Å². The maximum atomic E-state index is 11.3. The van der Waals surface area contributed by atoms with Crippen molar-refractivity contribution < 1.29 is 9.53 Å². The fourth-order valence-electron chi connectivity index (χ4n) is 2.86. The number of nitrogens with one attached hydrogen (secondary N) is 2. The van der Waals surface area contributed by atoms with E-state index in [1.165, 1.54) is 11.8 Å². The summed E-state index contributed by atoms with van der Waals surface area (Å²) in [5.41, 5.74) is 7.02. The molecule has 134 valence electrons. The zero-order valence-electron chi connectivity index (χ0n) is 14.7. The molecule has 0 saturated heterocycles. The molecule has 0 fully saturated rings. The number of anilines is 1. The van der Waals surface area contributed by atoms with Crippen LogP contribution < -0.4 is 21.1 Å². The van der Waals surface area contributed by atoms with Crippen LogP contribution in [0.15, 0.2) is 30.5 Å². The van der Waals surface area contributed by atoms with Crippen molar-refractivity contribution in [2.45, 2.75) is 26.4 Å². The number of nitrogens with two attached hydrogens (primary N) is 1. The second-order valence-corrected chi connectivity index (χ2v) is 6.63. The number of ether oxygens (including phenoxy) is 1. The van der Waals surface area contributed by atoms with Crippen LogP contribution in [-0.2, 0) is 6.54 Å². The van der Waals surface area contributed by atoms with Crippen LogP contribution in [0.25, 0.3) is 0 Å². The molecule has 2 atom stereocenters. The highest BCUT2D eigenvalue weighted by molar-refractivity contribution is 5.97. The number of hydrogen-bond acceptors (Lipinski definition) is 5. The van der Waals surface area contributed by atoms with E-state index in [2.05, 4.69) is 29.6 Å². The number of primary amides is 1. The summed E-state index contributed by atoms with van der Waals surface area (Å²) in [6.07, 6.45) is 1.53. The predicted molar refractivity (Wildman–Crippen MR) is 96.9 cm³/mol. The highest BCUT2D eigenvalue weighted by Gasteiger charge is 2.23. The van der Waals surface area contributed by atoms with Crippen LogP contribution in [-0.4, -0.2) is 41.4 Å². The number of amides is 1. The number of fused-ring (bicyclic) bond motifs is 1. The van der Waals surface area contributed by atoms with Gasteiger partial charge in [0, 0.05) is 31.6 Å². The molecule has 1 amide bonds. The first kappa shape index (κ1) is 17.3. The Bertz CT molecular complexity index is 726. The number of benzene rings is 1. The Morgan fingerprint density at radius 3 is 2.96 bits per heavy atom. The Labute approximate surface area is 147 Å². The van der Waals surface area contributed by atoms with E-state index >= 15 is 0 Å². The van der Waals surface area contributed by atoms with E-state index in [0.29, 0.717) is 18.1 Å². The SMILES string of the molecule is Cc1ccc(OC[C@H](C)NC[C@H]2CNc3c(C(N)=O)cnn3C2)cc1. The van der Waals surface area contributed by atoms with Gasteiger partial charge in [0.25, 0.3) is 5.91 Å². The first-order valence-corrected chi connectivity index (χ1v) is 8.55. The summed E-state index contributed by atoms with van der Waals surface area (Å²) in [5.74, 6) is 1.54. The fourth-order valence-corrected chi connectivity index (χ4v) is 2.86. The van der Waals surface area contributed by atoms with Gasteiger partial charge in [-0.15, -0.1) is 0 Å². The van der Waals surface area contributed by atoms with Crippen LogP contribution in [0.4, 0.5) is 5.82 Å². The normalized spacial score (nSPS) is 17.4. The van der Waals surface area contributed by atoms with Crippen LogP contribution in [0.5, 0.6) is 5.75 Å². The molecular formula is C18H25N5O2. The van der Waals surface area contributed by atoms with Crippen molar-refractivity contribution in [3.63, 3.8) is 0 Å². The first-order chi connectivity index (χ1) is 12.0. The summed E-state index contributed by atoms with van der Waals surface area (Å²) in [6, 6.07) is 8.30. The Balaban J connectivity index is 1.44. The Morgan fingerprint density at radius 1 is 1.48 bits per heavy atom. The van der Waals surface area contributed by atoms with E-state index in [0.717, 1.165) is 31.2 Å². The predicted octanol–water partition coefficient (Wildman–Crippen LogP) is 1.39. The van der Waals surface area contributed by atoms with Gasteiger partial charge in [-0.3, -0.25) is 4.79 Å². The molecule has 0 saturated carbocycles. The molecule has 7 nitrogen and oxygen atoms in total. The molecule has 1 aliphatic rings. The van der Waals surface area contributed by atoms with Crippen LogP contribution in [0.3, 0.4) is 0 Å². The number of aryl methyl sites for hydroxylation is 1. The Morgan fingerprint density at radius 2 is 2.24 bits per heavy atom. The molecule has 2 heterocycles. The average Bonchev–Trinajstić information content (AvgIpc) is 3.03. The van der Waals surface area contributed by atoms with Gasteiger partial charge in [0.15, 0.2) is 0 Å². The molecule has 0 radical (unpaired) electrons. The smallest absolute Gasteiger partial charge is 0.254 e. The molecule has 4 N–H and O–H groups in total. The third-order valence-electron chi connectivity index (χ3n) is 4.37. The monoisotopic (exact) mass is 343 g/mol. The highest BCUT2D eigenvalue weighted by atomic mass is 16.5. The summed E-state index contributed by atoms with van der Waals surface area (Å²) in [6.45, 7) is 7.16. The summed E-state index contributed by atoms with van der Waals surface area (Å²) in [7, 11) is 0. The number of carbonyl (C=O) groups is 1. The maximum absolute atomic E-state index is 11.3. The molecule has 0 unspecified atom stereocenters. The number of nitrogens with zero attached hydrogens (tertiary/aromatic N) is 2. The second-order valence-electron chi connectivity index (χ2n) is 6.63. The van der Waals surface area contributed by atoms with Gasteiger partial charge in [-0.05, 0) is 26.0 Å². The van der Waals surface area contributed by atoms with Crippen molar-refractivity contribution in [2.75, 3.05) is 25.0 Å². The fraction of sp³-hybridized carbons (Fsp3) is 0.444. The molecule has 3 rings (SSSR count). The lowest BCUT2D eigenvalue weighted by Crippen LogP contribution is -2.40. The van der Waals surface area contributed by atoms with E-state index in [9.17, 15) is 4.79 Å². The van der Waals surface area contributed by atoms with Crippen molar-refractivity contribution in [1.82, 2.24) is 15.1 Å². The molecule has 1 aromatic carbocycles. The third kappa shape index (κ3) is 4.30. The van der Waals surface area contributed by atoms with E-state index in [1.54, 1.807) is 0 Å². The van der Waals surface area contributed by atoms with Gasteiger partial charge in [-0.25, -0.2) is 4.68 Å². The van der Waals surface area contributed by atoms with E-state index in [-0.39, 0.29) is 6.04 Å². The molecule has 0 spiro atoms. The standard InChI is InChI=1S/C18H25N5O2/c1-12-3-5-15(6-4-12)25-11-13(2)20-7-14-8-21-18-16(17(19)24)9-22-23(18)10-14/h3-6,9,13-14,20-21H,7-8,10-11H2,1-2H3,(H2,19,24)/t13-,14-/m0/s1. The quantitative estimate of drug-likeness (QED) is 0.706. The van der Waals surface area contributed by atoms with Crippen molar-refractivity contribution >= 4 is 11.7 Å². The van der Waals surface area contributed by atoms with Gasteiger partial charge in [0.05, 0.1) is 6.20 Å². The van der Waals surface area contributed by atoms with Crippen molar-refractivity contribution in [2.24, 2.45) is 11.7 Å². The molecule has 0 bridgehead atoms. The van der Waals surface area contributed by atoms with Crippen LogP contribution in [0, 0.1) is 12.8 Å². The molecule has 0 aliphatic carbocycles. The topological polar surface area (TPSA) is 94.2 Å². The van der Waals surface area contributed by atoms with E-state index in [4.69, 9.17) is 10.5 Å². The molecule has 1 aliphatic heterocycles. The van der Waals surface area contributed by atoms with Crippen molar-refractivity contribution in [3.05, 3.63) is 41.6 Å². The summed E-state index contributed by atoms with van der Waals surface area (Å²) < 4.78 is 7.61. The van der Waals surface area contributed by atoms with Gasteiger partial charge in [-0.1, -0.05) is 17.7 Å². The zero-order valence-corrected chi connectivity index (χ0v) is 14.7. The lowest BCUT2D eigenvalue weighted by molar-refractivity contribution is 0.100.